The molecule has 1 saturated heterocycles. The van der Waals surface area contributed by atoms with Crippen LogP contribution in [0.4, 0.5) is 11.4 Å². The minimum absolute atomic E-state index is 0.0209. The molecular formula is C12H16N2O5S. The number of anilines is 1. The number of sulfone groups is 1. The van der Waals surface area contributed by atoms with Crippen LogP contribution in [0.2, 0.25) is 0 Å². The number of rotatable bonds is 5. The van der Waals surface area contributed by atoms with E-state index in [-0.39, 0.29) is 10.3 Å². The molecule has 8 heteroatoms. The Labute approximate surface area is 117 Å². The van der Waals surface area contributed by atoms with Gasteiger partial charge in [-0.25, -0.2) is 8.42 Å². The fourth-order valence-corrected chi connectivity index (χ4v) is 2.80. The molecule has 0 spiro atoms. The molecule has 0 unspecified atom stereocenters. The first-order valence-corrected chi connectivity index (χ1v) is 7.91. The first kappa shape index (κ1) is 14.7. The molecule has 7 nitrogen and oxygen atoms in total. The van der Waals surface area contributed by atoms with Crippen molar-refractivity contribution < 1.29 is 18.1 Å². The van der Waals surface area contributed by atoms with E-state index in [0.29, 0.717) is 25.4 Å². The van der Waals surface area contributed by atoms with Crippen molar-refractivity contribution in [2.45, 2.75) is 11.8 Å². The Balaban J connectivity index is 2.25. The molecule has 1 aromatic rings. The van der Waals surface area contributed by atoms with E-state index in [4.69, 9.17) is 4.74 Å². The summed E-state index contributed by atoms with van der Waals surface area (Å²) in [6, 6.07) is 4.02. The van der Waals surface area contributed by atoms with Crippen molar-refractivity contribution in [2.75, 3.05) is 31.3 Å². The second kappa shape index (κ2) is 5.02. The number of hydrogen-bond donors (Lipinski definition) is 1. The molecule has 1 aliphatic rings. The maximum absolute atomic E-state index is 11.6. The predicted molar refractivity (Wildman–Crippen MR) is 73.6 cm³/mol. The lowest BCUT2D eigenvalue weighted by atomic mass is 9.89. The summed E-state index contributed by atoms with van der Waals surface area (Å²) in [5.41, 5.74) is 0.160. The van der Waals surface area contributed by atoms with Crippen molar-refractivity contribution in [2.24, 2.45) is 5.41 Å². The van der Waals surface area contributed by atoms with Gasteiger partial charge in [0.2, 0.25) is 0 Å². The Morgan fingerprint density at radius 3 is 2.55 bits per heavy atom. The standard InChI is InChI=1S/C12H16N2O5S/c1-12(7-19-8-12)6-13-9-3-4-10(14(15)16)11(5-9)20(2,17)18/h3-5,13H,6-8H2,1-2H3. The van der Waals surface area contributed by atoms with Gasteiger partial charge in [-0.05, 0) is 12.1 Å². The monoisotopic (exact) mass is 300 g/mol. The highest BCUT2D eigenvalue weighted by molar-refractivity contribution is 7.90. The van der Waals surface area contributed by atoms with Gasteiger partial charge in [-0.2, -0.15) is 0 Å². The van der Waals surface area contributed by atoms with Crippen LogP contribution in [0.3, 0.4) is 0 Å². The number of nitro groups is 1. The Morgan fingerprint density at radius 1 is 1.45 bits per heavy atom. The first-order chi connectivity index (χ1) is 9.21. The summed E-state index contributed by atoms with van der Waals surface area (Å²) in [6.07, 6.45) is 0.959. The van der Waals surface area contributed by atoms with E-state index in [9.17, 15) is 18.5 Å². The Hall–Kier alpha value is -1.67. The van der Waals surface area contributed by atoms with E-state index in [1.807, 2.05) is 6.92 Å². The quantitative estimate of drug-likeness (QED) is 0.652. The van der Waals surface area contributed by atoms with Crippen LogP contribution in [0.15, 0.2) is 23.1 Å². The number of nitrogens with zero attached hydrogens (tertiary/aromatic N) is 1. The highest BCUT2D eigenvalue weighted by atomic mass is 32.2. The molecule has 1 heterocycles. The molecule has 1 aromatic carbocycles. The van der Waals surface area contributed by atoms with Crippen LogP contribution in [-0.2, 0) is 14.6 Å². The summed E-state index contributed by atoms with van der Waals surface area (Å²) in [4.78, 5) is 9.89. The van der Waals surface area contributed by atoms with Gasteiger partial charge in [0.1, 0.15) is 4.90 Å². The van der Waals surface area contributed by atoms with Gasteiger partial charge in [-0.15, -0.1) is 0 Å². The van der Waals surface area contributed by atoms with Crippen LogP contribution in [0.25, 0.3) is 0 Å². The third kappa shape index (κ3) is 3.07. The van der Waals surface area contributed by atoms with Crippen LogP contribution >= 0.6 is 0 Å². The summed E-state index contributed by atoms with van der Waals surface area (Å²) in [5.74, 6) is 0. The summed E-state index contributed by atoms with van der Waals surface area (Å²) >= 11 is 0. The van der Waals surface area contributed by atoms with E-state index in [0.717, 1.165) is 6.26 Å². The maximum atomic E-state index is 11.6. The zero-order valence-electron chi connectivity index (χ0n) is 11.3. The second-order valence-electron chi connectivity index (χ2n) is 5.37. The third-order valence-electron chi connectivity index (χ3n) is 3.18. The molecule has 0 bridgehead atoms. The van der Waals surface area contributed by atoms with Crippen molar-refractivity contribution in [3.63, 3.8) is 0 Å². The van der Waals surface area contributed by atoms with Gasteiger partial charge >= 0.3 is 0 Å². The average Bonchev–Trinajstić information content (AvgIpc) is 2.32. The maximum Gasteiger partial charge on any atom is 0.288 e. The van der Waals surface area contributed by atoms with Crippen LogP contribution in [-0.4, -0.2) is 39.4 Å². The molecule has 0 atom stereocenters. The van der Waals surface area contributed by atoms with Crippen LogP contribution in [0, 0.1) is 15.5 Å². The van der Waals surface area contributed by atoms with Crippen molar-refractivity contribution in [3.05, 3.63) is 28.3 Å². The summed E-state index contributed by atoms with van der Waals surface area (Å²) in [6.45, 7) is 3.96. The van der Waals surface area contributed by atoms with Gasteiger partial charge in [0.05, 0.1) is 18.1 Å². The largest absolute Gasteiger partial charge is 0.384 e. The molecule has 0 aliphatic carbocycles. The van der Waals surface area contributed by atoms with E-state index in [1.165, 1.54) is 18.2 Å². The summed E-state index contributed by atoms with van der Waals surface area (Å²) in [7, 11) is -3.65. The molecular weight excluding hydrogens is 284 g/mol. The number of nitrogens with one attached hydrogen (secondary N) is 1. The molecule has 0 saturated carbocycles. The molecule has 1 N–H and O–H groups in total. The van der Waals surface area contributed by atoms with E-state index in [1.54, 1.807) is 0 Å². The van der Waals surface area contributed by atoms with Gasteiger partial charge < -0.3 is 10.1 Å². The third-order valence-corrected chi connectivity index (χ3v) is 4.30. The molecule has 0 amide bonds. The minimum Gasteiger partial charge on any atom is -0.384 e. The minimum atomic E-state index is -3.65. The lowest BCUT2D eigenvalue weighted by Gasteiger charge is -2.38. The van der Waals surface area contributed by atoms with Crippen LogP contribution in [0.5, 0.6) is 0 Å². The molecule has 1 fully saturated rings. The van der Waals surface area contributed by atoms with Gasteiger partial charge in [0.25, 0.3) is 5.69 Å². The molecule has 0 aromatic heterocycles. The molecule has 2 rings (SSSR count). The van der Waals surface area contributed by atoms with Crippen molar-refractivity contribution >= 4 is 21.2 Å². The lowest BCUT2D eigenvalue weighted by Crippen LogP contribution is -2.45. The Bertz CT molecular complexity index is 637. The van der Waals surface area contributed by atoms with Gasteiger partial charge in [-0.1, -0.05) is 6.92 Å². The fourth-order valence-electron chi connectivity index (χ4n) is 1.94. The van der Waals surface area contributed by atoms with Crippen molar-refractivity contribution in [1.29, 1.82) is 0 Å². The fraction of sp³-hybridized carbons (Fsp3) is 0.500. The average molecular weight is 300 g/mol. The zero-order valence-corrected chi connectivity index (χ0v) is 12.1. The van der Waals surface area contributed by atoms with Crippen LogP contribution in [0.1, 0.15) is 6.92 Å². The van der Waals surface area contributed by atoms with Gasteiger partial charge in [-0.3, -0.25) is 10.1 Å². The van der Waals surface area contributed by atoms with Gasteiger partial charge in [0, 0.05) is 30.0 Å². The number of hydrogen-bond acceptors (Lipinski definition) is 6. The highest BCUT2D eigenvalue weighted by Gasteiger charge is 2.33. The van der Waals surface area contributed by atoms with Crippen LogP contribution < -0.4 is 5.32 Å². The summed E-state index contributed by atoms with van der Waals surface area (Å²) < 4.78 is 28.4. The normalized spacial score (nSPS) is 17.3. The SMILES string of the molecule is CC1(CNc2ccc([N+](=O)[O-])c(S(C)(=O)=O)c2)COC1. The number of benzene rings is 1. The van der Waals surface area contributed by atoms with E-state index >= 15 is 0 Å². The first-order valence-electron chi connectivity index (χ1n) is 6.01. The topological polar surface area (TPSA) is 98.5 Å². The van der Waals surface area contributed by atoms with Gasteiger partial charge in [0.15, 0.2) is 9.84 Å². The lowest BCUT2D eigenvalue weighted by molar-refractivity contribution is -0.387. The predicted octanol–water partition coefficient (Wildman–Crippen LogP) is 1.45. The van der Waals surface area contributed by atoms with E-state index < -0.39 is 20.4 Å². The highest BCUT2D eigenvalue weighted by Crippen LogP contribution is 2.30. The molecule has 0 radical (unpaired) electrons. The molecule has 20 heavy (non-hydrogen) atoms. The smallest absolute Gasteiger partial charge is 0.288 e. The van der Waals surface area contributed by atoms with Crippen molar-refractivity contribution in [1.82, 2.24) is 0 Å². The molecule has 1 aliphatic heterocycles. The van der Waals surface area contributed by atoms with E-state index in [2.05, 4.69) is 5.32 Å². The number of nitro benzene ring substituents is 1. The zero-order chi connectivity index (χ0) is 15.0. The second-order valence-corrected chi connectivity index (χ2v) is 7.35. The molecule has 110 valence electrons. The number of ether oxygens (including phenoxy) is 1. The Morgan fingerprint density at radius 2 is 2.10 bits per heavy atom. The van der Waals surface area contributed by atoms with Crippen molar-refractivity contribution in [3.8, 4) is 0 Å². The Kier molecular flexibility index (Phi) is 3.70. The summed E-state index contributed by atoms with van der Waals surface area (Å²) in [5, 5.41) is 14.0.